The molecule has 5 nitrogen and oxygen atoms in total. The molecule has 5 rings (SSSR count). The standard InChI is InChI=1S/C26H26FN5/c1-18(20-4-6-23(27)7-5-20)10-24-11-21(22-14-30-32(17-22)16-19-2-3-19)12-25(31-24)13-26-15-28-8-9-29-26/h4-9,11-12,14-15,17-19H,2-3,10,13,16H2,1H3/t18-/m1/s1. The zero-order chi connectivity index (χ0) is 21.9. The molecule has 1 atom stereocenters. The Labute approximate surface area is 187 Å². The number of nitrogens with zero attached hydrogens (tertiary/aromatic N) is 5. The second kappa shape index (κ2) is 8.99. The monoisotopic (exact) mass is 427 g/mol. The number of rotatable bonds is 8. The van der Waals surface area contributed by atoms with E-state index in [1.165, 1.54) is 25.0 Å². The smallest absolute Gasteiger partial charge is 0.123 e. The number of aromatic nitrogens is 5. The lowest BCUT2D eigenvalue weighted by Gasteiger charge is -2.14. The minimum absolute atomic E-state index is 0.212. The van der Waals surface area contributed by atoms with Crippen LogP contribution >= 0.6 is 0 Å². The van der Waals surface area contributed by atoms with Crippen LogP contribution in [0, 0.1) is 11.7 Å². The zero-order valence-corrected chi connectivity index (χ0v) is 18.2. The molecule has 162 valence electrons. The van der Waals surface area contributed by atoms with Gasteiger partial charge in [0.25, 0.3) is 0 Å². The first-order valence-corrected chi connectivity index (χ1v) is 11.2. The molecule has 3 heterocycles. The van der Waals surface area contributed by atoms with Crippen LogP contribution in [0.25, 0.3) is 11.1 Å². The van der Waals surface area contributed by atoms with Crippen LogP contribution in [-0.4, -0.2) is 24.7 Å². The summed E-state index contributed by atoms with van der Waals surface area (Å²) in [4.78, 5) is 13.5. The van der Waals surface area contributed by atoms with Gasteiger partial charge in [-0.05, 0) is 66.5 Å². The van der Waals surface area contributed by atoms with Gasteiger partial charge in [-0.2, -0.15) is 5.10 Å². The van der Waals surface area contributed by atoms with Crippen LogP contribution in [0.1, 0.15) is 48.3 Å². The minimum atomic E-state index is -0.212. The van der Waals surface area contributed by atoms with Gasteiger partial charge in [-0.15, -0.1) is 0 Å². The minimum Gasteiger partial charge on any atom is -0.272 e. The Kier molecular flexibility index (Phi) is 5.75. The molecule has 1 fully saturated rings. The predicted molar refractivity (Wildman–Crippen MR) is 122 cm³/mol. The van der Waals surface area contributed by atoms with Crippen molar-refractivity contribution in [2.45, 2.75) is 45.1 Å². The maximum absolute atomic E-state index is 13.3. The lowest BCUT2D eigenvalue weighted by Crippen LogP contribution is -2.04. The Balaban J connectivity index is 1.44. The summed E-state index contributed by atoms with van der Waals surface area (Å²) in [5.41, 5.74) is 6.17. The quantitative estimate of drug-likeness (QED) is 0.387. The third kappa shape index (κ3) is 5.07. The van der Waals surface area contributed by atoms with Crippen LogP contribution in [0.15, 0.2) is 67.4 Å². The average molecular weight is 428 g/mol. The van der Waals surface area contributed by atoms with E-state index in [1.807, 2.05) is 18.3 Å². The third-order valence-corrected chi connectivity index (χ3v) is 5.97. The summed E-state index contributed by atoms with van der Waals surface area (Å²) in [5.74, 6) is 0.787. The van der Waals surface area contributed by atoms with Crippen LogP contribution < -0.4 is 0 Å². The van der Waals surface area contributed by atoms with Gasteiger partial charge in [0, 0.05) is 54.7 Å². The largest absolute Gasteiger partial charge is 0.272 e. The fourth-order valence-corrected chi connectivity index (χ4v) is 4.02. The van der Waals surface area contributed by atoms with Gasteiger partial charge in [0.15, 0.2) is 0 Å². The molecule has 0 amide bonds. The van der Waals surface area contributed by atoms with Gasteiger partial charge in [0.2, 0.25) is 0 Å². The summed E-state index contributed by atoms with van der Waals surface area (Å²) in [7, 11) is 0. The van der Waals surface area contributed by atoms with Crippen molar-refractivity contribution in [2.24, 2.45) is 5.92 Å². The fourth-order valence-electron chi connectivity index (χ4n) is 4.02. The molecule has 0 bridgehead atoms. The van der Waals surface area contributed by atoms with E-state index in [1.54, 1.807) is 18.6 Å². The number of hydrogen-bond acceptors (Lipinski definition) is 4. The second-order valence-electron chi connectivity index (χ2n) is 8.76. The van der Waals surface area contributed by atoms with Crippen LogP contribution in [0.4, 0.5) is 4.39 Å². The molecule has 3 aromatic heterocycles. The van der Waals surface area contributed by atoms with E-state index in [2.05, 4.69) is 45.0 Å². The molecule has 0 N–H and O–H groups in total. The lowest BCUT2D eigenvalue weighted by atomic mass is 9.94. The first-order valence-electron chi connectivity index (χ1n) is 11.2. The van der Waals surface area contributed by atoms with Gasteiger partial charge in [0.1, 0.15) is 5.82 Å². The van der Waals surface area contributed by atoms with E-state index in [-0.39, 0.29) is 11.7 Å². The average Bonchev–Trinajstić information content (AvgIpc) is 3.48. The molecule has 4 aromatic rings. The summed E-state index contributed by atoms with van der Waals surface area (Å²) in [6.07, 6.45) is 13.2. The Morgan fingerprint density at radius 1 is 1.00 bits per heavy atom. The Bertz CT molecular complexity index is 1180. The van der Waals surface area contributed by atoms with Crippen LogP contribution in [0.3, 0.4) is 0 Å². The highest BCUT2D eigenvalue weighted by atomic mass is 19.1. The van der Waals surface area contributed by atoms with Gasteiger partial charge in [-0.25, -0.2) is 4.39 Å². The highest BCUT2D eigenvalue weighted by Gasteiger charge is 2.22. The molecule has 1 aromatic carbocycles. The summed E-state index contributed by atoms with van der Waals surface area (Å²) in [6.45, 7) is 3.14. The van der Waals surface area contributed by atoms with E-state index in [0.29, 0.717) is 6.42 Å². The van der Waals surface area contributed by atoms with Crippen molar-refractivity contribution < 1.29 is 4.39 Å². The molecule has 1 saturated carbocycles. The van der Waals surface area contributed by atoms with Gasteiger partial charge < -0.3 is 0 Å². The van der Waals surface area contributed by atoms with Gasteiger partial charge in [0.05, 0.1) is 11.9 Å². The zero-order valence-electron chi connectivity index (χ0n) is 18.2. The molecule has 32 heavy (non-hydrogen) atoms. The van der Waals surface area contributed by atoms with Gasteiger partial charge in [-0.1, -0.05) is 19.1 Å². The third-order valence-electron chi connectivity index (χ3n) is 5.97. The molecular formula is C26H26FN5. The maximum atomic E-state index is 13.3. The van der Waals surface area contributed by atoms with E-state index >= 15 is 0 Å². The van der Waals surface area contributed by atoms with Gasteiger partial charge >= 0.3 is 0 Å². The van der Waals surface area contributed by atoms with Gasteiger partial charge in [-0.3, -0.25) is 19.6 Å². The van der Waals surface area contributed by atoms with Crippen LogP contribution in [0.5, 0.6) is 0 Å². The maximum Gasteiger partial charge on any atom is 0.123 e. The highest BCUT2D eigenvalue weighted by Crippen LogP contribution is 2.31. The van der Waals surface area contributed by atoms with E-state index in [9.17, 15) is 4.39 Å². The SMILES string of the molecule is C[C@H](Cc1cc(-c2cnn(CC3CC3)c2)cc(Cc2cnccn2)n1)c1ccc(F)cc1. The number of hydrogen-bond donors (Lipinski definition) is 0. The molecule has 1 aliphatic rings. The normalized spacial score (nSPS) is 14.4. The molecule has 6 heteroatoms. The van der Waals surface area contributed by atoms with Crippen molar-refractivity contribution in [3.05, 3.63) is 95.8 Å². The van der Waals surface area contributed by atoms with Crippen LogP contribution in [0.2, 0.25) is 0 Å². The molecular weight excluding hydrogens is 401 g/mol. The van der Waals surface area contributed by atoms with Crippen molar-refractivity contribution in [1.29, 1.82) is 0 Å². The van der Waals surface area contributed by atoms with Crippen molar-refractivity contribution >= 4 is 0 Å². The van der Waals surface area contributed by atoms with Crippen molar-refractivity contribution in [1.82, 2.24) is 24.7 Å². The molecule has 0 saturated heterocycles. The van der Waals surface area contributed by atoms with Crippen molar-refractivity contribution in [3.8, 4) is 11.1 Å². The highest BCUT2D eigenvalue weighted by molar-refractivity contribution is 5.62. The summed E-state index contributed by atoms with van der Waals surface area (Å²) in [6, 6.07) is 11.0. The lowest BCUT2D eigenvalue weighted by molar-refractivity contribution is 0.563. The topological polar surface area (TPSA) is 56.5 Å². The Hall–Kier alpha value is -3.41. The molecule has 0 radical (unpaired) electrons. The Morgan fingerprint density at radius 2 is 1.81 bits per heavy atom. The molecule has 1 aliphatic carbocycles. The second-order valence-corrected chi connectivity index (χ2v) is 8.76. The summed E-state index contributed by atoms with van der Waals surface area (Å²) >= 11 is 0. The number of halogens is 1. The van der Waals surface area contributed by atoms with E-state index in [4.69, 9.17) is 4.98 Å². The predicted octanol–water partition coefficient (Wildman–Crippen LogP) is 5.22. The summed E-state index contributed by atoms with van der Waals surface area (Å²) in [5, 5.41) is 4.57. The summed E-state index contributed by atoms with van der Waals surface area (Å²) < 4.78 is 15.4. The molecule has 0 unspecified atom stereocenters. The first kappa shape index (κ1) is 20.5. The molecule has 0 aliphatic heterocycles. The fraction of sp³-hybridized carbons (Fsp3) is 0.308. The van der Waals surface area contributed by atoms with Crippen molar-refractivity contribution in [2.75, 3.05) is 0 Å². The number of pyridine rings is 1. The van der Waals surface area contributed by atoms with Crippen molar-refractivity contribution in [3.63, 3.8) is 0 Å². The first-order chi connectivity index (χ1) is 15.6. The Morgan fingerprint density at radius 3 is 2.56 bits per heavy atom. The molecule has 0 spiro atoms. The number of benzene rings is 1. The van der Waals surface area contributed by atoms with E-state index in [0.717, 1.165) is 52.7 Å². The van der Waals surface area contributed by atoms with E-state index < -0.39 is 0 Å². The van der Waals surface area contributed by atoms with Crippen LogP contribution in [-0.2, 0) is 19.4 Å².